The maximum Gasteiger partial charge on any atom is 0.227 e. The van der Waals surface area contributed by atoms with E-state index in [1.54, 1.807) is 6.08 Å². The molecule has 3 heteroatoms. The number of rotatable bonds is 4. The molecule has 0 aliphatic heterocycles. The van der Waals surface area contributed by atoms with Crippen molar-refractivity contribution < 1.29 is 4.79 Å². The molecule has 20 heavy (non-hydrogen) atoms. The van der Waals surface area contributed by atoms with Crippen molar-refractivity contribution in [3.8, 4) is 0 Å². The minimum absolute atomic E-state index is 0.100. The topological polar surface area (TPSA) is 41.5 Å². The number of amides is 1. The van der Waals surface area contributed by atoms with Gasteiger partial charge in [-0.15, -0.1) is 0 Å². The SMILES string of the molecule is C=Cc1cccc(NC(=O)C2CCC(C)CC2)c1N=C. The van der Waals surface area contributed by atoms with Crippen LogP contribution in [0.4, 0.5) is 11.4 Å². The van der Waals surface area contributed by atoms with Crippen LogP contribution < -0.4 is 5.32 Å². The van der Waals surface area contributed by atoms with Gasteiger partial charge in [-0.2, -0.15) is 0 Å². The van der Waals surface area contributed by atoms with E-state index in [9.17, 15) is 4.79 Å². The molecule has 1 amide bonds. The van der Waals surface area contributed by atoms with Crippen LogP contribution in [0.1, 0.15) is 38.2 Å². The minimum Gasteiger partial charge on any atom is -0.324 e. The maximum absolute atomic E-state index is 12.3. The van der Waals surface area contributed by atoms with Gasteiger partial charge in [-0.1, -0.05) is 31.7 Å². The summed E-state index contributed by atoms with van der Waals surface area (Å²) in [7, 11) is 0. The molecule has 0 bridgehead atoms. The number of hydrogen-bond donors (Lipinski definition) is 1. The molecule has 1 fully saturated rings. The first-order chi connectivity index (χ1) is 9.65. The van der Waals surface area contributed by atoms with E-state index in [1.165, 1.54) is 0 Å². The summed E-state index contributed by atoms with van der Waals surface area (Å²) in [4.78, 5) is 16.4. The van der Waals surface area contributed by atoms with Gasteiger partial charge in [0.25, 0.3) is 0 Å². The fourth-order valence-corrected chi connectivity index (χ4v) is 2.76. The molecule has 106 valence electrons. The Bertz CT molecular complexity index is 514. The molecular formula is C17H22N2O. The fraction of sp³-hybridized carbons (Fsp3) is 0.412. The second-order valence-corrected chi connectivity index (χ2v) is 5.55. The Hall–Kier alpha value is -1.90. The van der Waals surface area contributed by atoms with Crippen molar-refractivity contribution in [1.82, 2.24) is 0 Å². The van der Waals surface area contributed by atoms with E-state index in [0.29, 0.717) is 5.69 Å². The zero-order valence-electron chi connectivity index (χ0n) is 12.1. The van der Waals surface area contributed by atoms with Crippen molar-refractivity contribution in [1.29, 1.82) is 0 Å². The average Bonchev–Trinajstić information content (AvgIpc) is 2.47. The molecule has 3 nitrogen and oxygen atoms in total. The number of nitrogens with one attached hydrogen (secondary N) is 1. The van der Waals surface area contributed by atoms with Crippen LogP contribution in [0.2, 0.25) is 0 Å². The number of aliphatic imine (C=N–C) groups is 1. The van der Waals surface area contributed by atoms with Crippen molar-refractivity contribution in [2.75, 3.05) is 5.32 Å². The van der Waals surface area contributed by atoms with Crippen LogP contribution in [0.15, 0.2) is 29.8 Å². The number of hydrogen-bond acceptors (Lipinski definition) is 2. The van der Waals surface area contributed by atoms with Gasteiger partial charge < -0.3 is 5.32 Å². The van der Waals surface area contributed by atoms with E-state index in [1.807, 2.05) is 18.2 Å². The first kappa shape index (κ1) is 14.5. The lowest BCUT2D eigenvalue weighted by atomic mass is 9.82. The molecular weight excluding hydrogens is 248 g/mol. The van der Waals surface area contributed by atoms with Crippen LogP contribution in [-0.2, 0) is 4.79 Å². The summed E-state index contributed by atoms with van der Waals surface area (Å²) >= 11 is 0. The van der Waals surface area contributed by atoms with Gasteiger partial charge in [0.2, 0.25) is 5.91 Å². The van der Waals surface area contributed by atoms with E-state index < -0.39 is 0 Å². The third-order valence-corrected chi connectivity index (χ3v) is 4.09. The number of benzene rings is 1. The molecule has 1 aliphatic rings. The van der Waals surface area contributed by atoms with Gasteiger partial charge in [0, 0.05) is 11.5 Å². The largest absolute Gasteiger partial charge is 0.324 e. The molecule has 1 aromatic rings. The highest BCUT2D eigenvalue weighted by molar-refractivity contribution is 5.96. The molecule has 0 unspecified atom stereocenters. The summed E-state index contributed by atoms with van der Waals surface area (Å²) in [5.41, 5.74) is 2.30. The molecule has 0 aromatic heterocycles. The summed E-state index contributed by atoms with van der Waals surface area (Å²) < 4.78 is 0. The predicted molar refractivity (Wildman–Crippen MR) is 85.5 cm³/mol. The van der Waals surface area contributed by atoms with E-state index in [2.05, 4.69) is 30.5 Å². The van der Waals surface area contributed by atoms with Gasteiger partial charge >= 0.3 is 0 Å². The molecule has 1 aliphatic carbocycles. The van der Waals surface area contributed by atoms with E-state index in [0.717, 1.165) is 42.9 Å². The molecule has 0 atom stereocenters. The lowest BCUT2D eigenvalue weighted by molar-refractivity contribution is -0.121. The summed E-state index contributed by atoms with van der Waals surface area (Å²) in [6.45, 7) is 9.59. The monoisotopic (exact) mass is 270 g/mol. The second-order valence-electron chi connectivity index (χ2n) is 5.55. The van der Waals surface area contributed by atoms with Crippen molar-refractivity contribution in [3.05, 3.63) is 30.3 Å². The molecule has 0 spiro atoms. The number of anilines is 1. The summed E-state index contributed by atoms with van der Waals surface area (Å²) in [6, 6.07) is 5.67. The second kappa shape index (κ2) is 6.51. The molecule has 2 rings (SSSR count). The Morgan fingerprint density at radius 1 is 1.35 bits per heavy atom. The first-order valence-corrected chi connectivity index (χ1v) is 7.18. The van der Waals surface area contributed by atoms with Crippen molar-refractivity contribution in [2.24, 2.45) is 16.8 Å². The summed E-state index contributed by atoms with van der Waals surface area (Å²) in [5, 5.41) is 3.00. The number of para-hydroxylation sites is 1. The van der Waals surface area contributed by atoms with Crippen LogP contribution in [0, 0.1) is 11.8 Å². The molecule has 0 saturated heterocycles. The van der Waals surface area contributed by atoms with Crippen LogP contribution in [0.3, 0.4) is 0 Å². The van der Waals surface area contributed by atoms with E-state index in [-0.39, 0.29) is 11.8 Å². The number of carbonyl (C=O) groups is 1. The predicted octanol–water partition coefficient (Wildman–Crippen LogP) is 4.43. The van der Waals surface area contributed by atoms with Crippen LogP contribution in [0.5, 0.6) is 0 Å². The maximum atomic E-state index is 12.3. The zero-order valence-corrected chi connectivity index (χ0v) is 12.1. The Balaban J connectivity index is 2.11. The van der Waals surface area contributed by atoms with Crippen LogP contribution >= 0.6 is 0 Å². The smallest absolute Gasteiger partial charge is 0.227 e. The highest BCUT2D eigenvalue weighted by atomic mass is 16.1. The lowest BCUT2D eigenvalue weighted by Gasteiger charge is -2.25. The van der Waals surface area contributed by atoms with E-state index >= 15 is 0 Å². The summed E-state index contributed by atoms with van der Waals surface area (Å²) in [6.07, 6.45) is 5.95. The molecule has 0 heterocycles. The third-order valence-electron chi connectivity index (χ3n) is 4.09. The normalized spacial score (nSPS) is 22.1. The van der Waals surface area contributed by atoms with Gasteiger partial charge in [0.05, 0.1) is 11.4 Å². The molecule has 0 radical (unpaired) electrons. The molecule has 1 saturated carbocycles. The zero-order chi connectivity index (χ0) is 14.5. The Morgan fingerprint density at radius 2 is 2.05 bits per heavy atom. The summed E-state index contributed by atoms with van der Waals surface area (Å²) in [5.74, 6) is 0.966. The van der Waals surface area contributed by atoms with Gasteiger partial charge in [0.1, 0.15) is 0 Å². The van der Waals surface area contributed by atoms with Gasteiger partial charge in [-0.3, -0.25) is 9.79 Å². The average molecular weight is 270 g/mol. The highest BCUT2D eigenvalue weighted by Crippen LogP contribution is 2.32. The van der Waals surface area contributed by atoms with Crippen molar-refractivity contribution in [2.45, 2.75) is 32.6 Å². The highest BCUT2D eigenvalue weighted by Gasteiger charge is 2.24. The quantitative estimate of drug-likeness (QED) is 0.808. The van der Waals surface area contributed by atoms with Crippen molar-refractivity contribution in [3.63, 3.8) is 0 Å². The molecule has 1 aromatic carbocycles. The number of nitrogens with zero attached hydrogens (tertiary/aromatic N) is 1. The Labute approximate surface area is 120 Å². The standard InChI is InChI=1S/C17H22N2O/c1-4-13-6-5-7-15(16(13)18-3)19-17(20)14-10-8-12(2)9-11-14/h4-7,12,14H,1,3,8-11H2,2H3,(H,19,20). The Kier molecular flexibility index (Phi) is 4.72. The lowest BCUT2D eigenvalue weighted by Crippen LogP contribution is -2.26. The van der Waals surface area contributed by atoms with Gasteiger partial charge in [-0.25, -0.2) is 0 Å². The van der Waals surface area contributed by atoms with Crippen LogP contribution in [-0.4, -0.2) is 12.6 Å². The first-order valence-electron chi connectivity index (χ1n) is 7.18. The van der Waals surface area contributed by atoms with Gasteiger partial charge in [0.15, 0.2) is 0 Å². The fourth-order valence-electron chi connectivity index (χ4n) is 2.76. The van der Waals surface area contributed by atoms with E-state index in [4.69, 9.17) is 0 Å². The Morgan fingerprint density at radius 3 is 2.65 bits per heavy atom. The number of carbonyl (C=O) groups excluding carboxylic acids is 1. The van der Waals surface area contributed by atoms with Gasteiger partial charge in [-0.05, 0) is 44.4 Å². The van der Waals surface area contributed by atoms with Crippen LogP contribution in [0.25, 0.3) is 6.08 Å². The third kappa shape index (κ3) is 3.16. The van der Waals surface area contributed by atoms with Crippen molar-refractivity contribution >= 4 is 30.1 Å². The molecule has 1 N–H and O–H groups in total. The minimum atomic E-state index is 0.100.